The summed E-state index contributed by atoms with van der Waals surface area (Å²) in [5.74, 6) is -1.70. The fourth-order valence-electron chi connectivity index (χ4n) is 3.18. The lowest BCUT2D eigenvalue weighted by atomic mass is 10.0. The van der Waals surface area contributed by atoms with E-state index in [4.69, 9.17) is 10.2 Å². The average Bonchev–Trinajstić information content (AvgIpc) is 2.66. The maximum absolute atomic E-state index is 12.3. The highest BCUT2D eigenvalue weighted by atomic mass is 19.3. The van der Waals surface area contributed by atoms with Gasteiger partial charge in [0, 0.05) is 31.3 Å². The number of piperidine rings is 1. The van der Waals surface area contributed by atoms with Crippen LogP contribution >= 0.6 is 0 Å². The Morgan fingerprint density at radius 2 is 1.80 bits per heavy atom. The molecule has 0 amide bonds. The van der Waals surface area contributed by atoms with E-state index in [1.807, 2.05) is 6.07 Å². The van der Waals surface area contributed by atoms with Gasteiger partial charge in [-0.25, -0.2) is 9.59 Å². The summed E-state index contributed by atoms with van der Waals surface area (Å²) in [6.07, 6.45) is 3.39. The smallest absolute Gasteiger partial charge is 0.387 e. The normalized spacial score (nSPS) is 14.8. The summed E-state index contributed by atoms with van der Waals surface area (Å²) in [5, 5.41) is 19.0. The Balaban J connectivity index is 0.000000479. The number of carbonyl (C=O) groups is 2. The van der Waals surface area contributed by atoms with Gasteiger partial charge in [-0.1, -0.05) is 26.0 Å². The number of nitrogens with one attached hydrogen (secondary N) is 1. The Morgan fingerprint density at radius 3 is 2.30 bits per heavy atom. The van der Waals surface area contributed by atoms with E-state index in [-0.39, 0.29) is 5.75 Å². The zero-order chi connectivity index (χ0) is 22.5. The van der Waals surface area contributed by atoms with Crippen LogP contribution in [0.1, 0.15) is 32.3 Å². The highest BCUT2D eigenvalue weighted by Gasteiger charge is 2.22. The van der Waals surface area contributed by atoms with Crippen LogP contribution in [-0.4, -0.2) is 59.3 Å². The fourth-order valence-corrected chi connectivity index (χ4v) is 3.18. The summed E-state index contributed by atoms with van der Waals surface area (Å²) in [5.41, 5.74) is 1.03. The van der Waals surface area contributed by atoms with Gasteiger partial charge in [0.05, 0.1) is 0 Å². The first-order chi connectivity index (χ1) is 14.2. The van der Waals surface area contributed by atoms with Crippen LogP contribution in [0.25, 0.3) is 0 Å². The molecule has 0 aromatic heterocycles. The molecule has 1 heterocycles. The third kappa shape index (κ3) is 11.5. The monoisotopic (exact) mass is 428 g/mol. The molecule has 1 aliphatic rings. The van der Waals surface area contributed by atoms with Gasteiger partial charge in [0.1, 0.15) is 5.75 Å². The van der Waals surface area contributed by atoms with Crippen molar-refractivity contribution in [1.29, 1.82) is 0 Å². The number of hydrogen-bond acceptors (Lipinski definition) is 5. The number of carboxylic acid groups (broad SMARTS) is 2. The maximum Gasteiger partial charge on any atom is 0.387 e. The van der Waals surface area contributed by atoms with Gasteiger partial charge in [-0.05, 0) is 49.5 Å². The number of hydrogen-bond donors (Lipinski definition) is 3. The molecule has 0 unspecified atom stereocenters. The molecular weight excluding hydrogens is 398 g/mol. The first kappa shape index (κ1) is 25.5. The van der Waals surface area contributed by atoms with Crippen LogP contribution in [0.3, 0.4) is 0 Å². The van der Waals surface area contributed by atoms with Gasteiger partial charge in [0.25, 0.3) is 0 Å². The van der Waals surface area contributed by atoms with E-state index in [0.29, 0.717) is 24.1 Å². The van der Waals surface area contributed by atoms with E-state index in [2.05, 4.69) is 28.8 Å². The van der Waals surface area contributed by atoms with Gasteiger partial charge in [-0.15, -0.1) is 0 Å². The SMILES string of the molecule is CC(C)CN(Cc1cccc(OC(F)F)c1)C1CCNCC1.O=C(O)C=CC(=O)O. The van der Waals surface area contributed by atoms with Gasteiger partial charge in [-0.2, -0.15) is 8.78 Å². The lowest BCUT2D eigenvalue weighted by Gasteiger charge is -2.36. The quantitative estimate of drug-likeness (QED) is 0.520. The zero-order valence-corrected chi connectivity index (χ0v) is 17.3. The first-order valence-electron chi connectivity index (χ1n) is 9.79. The van der Waals surface area contributed by atoms with Crippen molar-refractivity contribution in [2.75, 3.05) is 19.6 Å². The van der Waals surface area contributed by atoms with Crippen LogP contribution in [0.5, 0.6) is 5.75 Å². The minimum atomic E-state index is -2.77. The molecule has 1 fully saturated rings. The summed E-state index contributed by atoms with van der Waals surface area (Å²) in [6, 6.07) is 7.62. The molecule has 0 saturated carbocycles. The van der Waals surface area contributed by atoms with Crippen molar-refractivity contribution >= 4 is 11.9 Å². The molecule has 3 N–H and O–H groups in total. The fraction of sp³-hybridized carbons (Fsp3) is 0.524. The largest absolute Gasteiger partial charge is 0.478 e. The molecule has 1 aromatic carbocycles. The Labute approximate surface area is 175 Å². The van der Waals surface area contributed by atoms with E-state index in [1.54, 1.807) is 18.2 Å². The average molecular weight is 428 g/mol. The van der Waals surface area contributed by atoms with E-state index < -0.39 is 18.6 Å². The van der Waals surface area contributed by atoms with Gasteiger partial charge < -0.3 is 20.3 Å². The lowest BCUT2D eigenvalue weighted by molar-refractivity contribution is -0.134. The summed E-state index contributed by atoms with van der Waals surface area (Å²) in [6.45, 7) is 5.55. The predicted molar refractivity (Wildman–Crippen MR) is 109 cm³/mol. The van der Waals surface area contributed by atoms with E-state index in [0.717, 1.165) is 44.6 Å². The van der Waals surface area contributed by atoms with Crippen molar-refractivity contribution in [3.05, 3.63) is 42.0 Å². The van der Waals surface area contributed by atoms with Gasteiger partial charge in [0.2, 0.25) is 0 Å². The third-order valence-electron chi connectivity index (χ3n) is 4.30. The summed E-state index contributed by atoms with van der Waals surface area (Å²) in [7, 11) is 0. The molecule has 1 saturated heterocycles. The summed E-state index contributed by atoms with van der Waals surface area (Å²) in [4.78, 5) is 21.6. The Kier molecular flexibility index (Phi) is 11.6. The molecule has 0 bridgehead atoms. The second kappa shape index (κ2) is 13.7. The van der Waals surface area contributed by atoms with Crippen LogP contribution in [-0.2, 0) is 16.1 Å². The lowest BCUT2D eigenvalue weighted by Crippen LogP contribution is -2.44. The number of aliphatic carboxylic acids is 2. The molecule has 1 aliphatic heterocycles. The van der Waals surface area contributed by atoms with Crippen LogP contribution < -0.4 is 10.1 Å². The van der Waals surface area contributed by atoms with Gasteiger partial charge in [-0.3, -0.25) is 4.90 Å². The molecule has 2 rings (SSSR count). The molecule has 0 aliphatic carbocycles. The number of benzene rings is 1. The number of carboxylic acids is 2. The van der Waals surface area contributed by atoms with Crippen LogP contribution in [0.2, 0.25) is 0 Å². The van der Waals surface area contributed by atoms with Crippen molar-refractivity contribution in [2.24, 2.45) is 5.92 Å². The number of ether oxygens (including phenoxy) is 1. The number of rotatable bonds is 9. The highest BCUT2D eigenvalue weighted by molar-refractivity contribution is 5.89. The molecule has 0 spiro atoms. The Hall–Kier alpha value is -2.52. The predicted octanol–water partition coefficient (Wildman–Crippen LogP) is 3.21. The van der Waals surface area contributed by atoms with Gasteiger partial charge >= 0.3 is 18.6 Å². The second-order valence-electron chi connectivity index (χ2n) is 7.34. The van der Waals surface area contributed by atoms with Crippen molar-refractivity contribution in [3.63, 3.8) is 0 Å². The van der Waals surface area contributed by atoms with Crippen molar-refractivity contribution in [2.45, 2.75) is 45.9 Å². The highest BCUT2D eigenvalue weighted by Crippen LogP contribution is 2.21. The van der Waals surface area contributed by atoms with Crippen LogP contribution in [0.15, 0.2) is 36.4 Å². The van der Waals surface area contributed by atoms with Crippen molar-refractivity contribution in [3.8, 4) is 5.75 Å². The van der Waals surface area contributed by atoms with Crippen molar-refractivity contribution in [1.82, 2.24) is 10.2 Å². The molecule has 7 nitrogen and oxygen atoms in total. The molecular formula is C21H30F2N2O5. The van der Waals surface area contributed by atoms with Crippen LogP contribution in [0, 0.1) is 5.92 Å². The first-order valence-corrected chi connectivity index (χ1v) is 9.79. The van der Waals surface area contributed by atoms with E-state index in [9.17, 15) is 18.4 Å². The van der Waals surface area contributed by atoms with Gasteiger partial charge in [0.15, 0.2) is 0 Å². The molecule has 168 valence electrons. The topological polar surface area (TPSA) is 99.1 Å². The summed E-state index contributed by atoms with van der Waals surface area (Å²) >= 11 is 0. The minimum absolute atomic E-state index is 0.238. The minimum Gasteiger partial charge on any atom is -0.478 e. The van der Waals surface area contributed by atoms with E-state index in [1.165, 1.54) is 0 Å². The van der Waals surface area contributed by atoms with E-state index >= 15 is 0 Å². The summed E-state index contributed by atoms with van der Waals surface area (Å²) < 4.78 is 29.2. The maximum atomic E-state index is 12.3. The molecule has 0 radical (unpaired) electrons. The van der Waals surface area contributed by atoms with Crippen LogP contribution in [0.4, 0.5) is 8.78 Å². The Morgan fingerprint density at radius 1 is 1.20 bits per heavy atom. The standard InChI is InChI=1S/C17H26F2N2O.C4H4O4/c1-13(2)11-21(15-6-8-20-9-7-15)12-14-4-3-5-16(10-14)22-17(18)19;5-3(6)1-2-4(7)8/h3-5,10,13,15,17,20H,6-9,11-12H2,1-2H3;1-2H,(H,5,6)(H,7,8). The molecule has 1 aromatic rings. The number of halogens is 2. The number of nitrogens with zero attached hydrogens (tertiary/aromatic N) is 1. The zero-order valence-electron chi connectivity index (χ0n) is 17.3. The second-order valence-corrected chi connectivity index (χ2v) is 7.34. The molecule has 30 heavy (non-hydrogen) atoms. The number of alkyl halides is 2. The van der Waals surface area contributed by atoms with Crippen molar-refractivity contribution < 1.29 is 33.3 Å². The Bertz CT molecular complexity index is 676. The molecule has 0 atom stereocenters. The molecule has 9 heteroatoms. The third-order valence-corrected chi connectivity index (χ3v) is 4.30.